The third-order valence-corrected chi connectivity index (χ3v) is 4.40. The molecule has 1 aliphatic rings. The first-order chi connectivity index (χ1) is 8.95. The maximum atomic E-state index is 11.6. The van der Waals surface area contributed by atoms with E-state index in [2.05, 4.69) is 5.32 Å². The van der Waals surface area contributed by atoms with Crippen LogP contribution in [-0.2, 0) is 14.4 Å². The number of aliphatic carboxylic acids is 1. The third kappa shape index (κ3) is 4.83. The molecule has 1 aliphatic carbocycles. The van der Waals surface area contributed by atoms with E-state index in [9.17, 15) is 14.4 Å². The number of carboxylic acids is 1. The molecule has 0 aliphatic heterocycles. The standard InChI is InChI=1S/C12H19NO5S/c1-7(15)13-10(12(17)18)6-19-5-9-8(4-14)2-3-11(9)16/h8-10,14H,2-6H2,1H3,(H,13,15)(H,17,18). The van der Waals surface area contributed by atoms with E-state index in [1.165, 1.54) is 18.7 Å². The van der Waals surface area contributed by atoms with Crippen molar-refractivity contribution in [3.63, 3.8) is 0 Å². The van der Waals surface area contributed by atoms with E-state index in [4.69, 9.17) is 10.2 Å². The number of amides is 1. The quantitative estimate of drug-likeness (QED) is 0.604. The second-order valence-corrected chi connectivity index (χ2v) is 5.76. The first-order valence-electron chi connectivity index (χ1n) is 6.17. The second-order valence-electron chi connectivity index (χ2n) is 4.68. The molecule has 0 bridgehead atoms. The van der Waals surface area contributed by atoms with Crippen molar-refractivity contribution in [2.45, 2.75) is 25.8 Å². The molecule has 1 fully saturated rings. The number of rotatable bonds is 7. The summed E-state index contributed by atoms with van der Waals surface area (Å²) in [5.74, 6) is -0.828. The summed E-state index contributed by atoms with van der Waals surface area (Å²) in [6.45, 7) is 1.26. The number of carboxylic acid groups (broad SMARTS) is 1. The molecule has 0 aromatic rings. The SMILES string of the molecule is CC(=O)NC(CSCC1C(=O)CCC1CO)C(=O)O. The molecular weight excluding hydrogens is 270 g/mol. The molecule has 1 rings (SSSR count). The molecule has 1 amide bonds. The molecule has 6 nitrogen and oxygen atoms in total. The second kappa shape index (κ2) is 7.49. The summed E-state index contributed by atoms with van der Waals surface area (Å²) in [5, 5.41) is 20.4. The summed E-state index contributed by atoms with van der Waals surface area (Å²) in [7, 11) is 0. The molecule has 0 radical (unpaired) electrons. The van der Waals surface area contributed by atoms with Crippen LogP contribution in [0.1, 0.15) is 19.8 Å². The lowest BCUT2D eigenvalue weighted by Crippen LogP contribution is -2.41. The monoisotopic (exact) mass is 289 g/mol. The van der Waals surface area contributed by atoms with Crippen LogP contribution in [0.5, 0.6) is 0 Å². The van der Waals surface area contributed by atoms with Gasteiger partial charge in [-0.05, 0) is 12.3 Å². The highest BCUT2D eigenvalue weighted by Gasteiger charge is 2.34. The Hall–Kier alpha value is -1.08. The number of nitrogens with one attached hydrogen (secondary N) is 1. The van der Waals surface area contributed by atoms with Gasteiger partial charge in [0.25, 0.3) is 0 Å². The fraction of sp³-hybridized carbons (Fsp3) is 0.750. The zero-order valence-corrected chi connectivity index (χ0v) is 11.6. The summed E-state index contributed by atoms with van der Waals surface area (Å²) in [6, 6.07) is -0.938. The number of carbonyl (C=O) groups is 3. The Labute approximate surface area is 115 Å². The van der Waals surface area contributed by atoms with E-state index in [1.807, 2.05) is 0 Å². The van der Waals surface area contributed by atoms with Crippen LogP contribution >= 0.6 is 11.8 Å². The molecule has 3 unspecified atom stereocenters. The van der Waals surface area contributed by atoms with Crippen molar-refractivity contribution in [3.05, 3.63) is 0 Å². The lowest BCUT2D eigenvalue weighted by molar-refractivity contribution is -0.140. The van der Waals surface area contributed by atoms with E-state index in [-0.39, 0.29) is 30.0 Å². The van der Waals surface area contributed by atoms with Gasteiger partial charge in [-0.3, -0.25) is 9.59 Å². The molecule has 0 spiro atoms. The van der Waals surface area contributed by atoms with E-state index in [0.717, 1.165) is 0 Å². The fourth-order valence-electron chi connectivity index (χ4n) is 2.16. The number of hydrogen-bond acceptors (Lipinski definition) is 5. The van der Waals surface area contributed by atoms with E-state index < -0.39 is 17.9 Å². The van der Waals surface area contributed by atoms with Gasteiger partial charge < -0.3 is 15.5 Å². The van der Waals surface area contributed by atoms with Crippen molar-refractivity contribution < 1.29 is 24.6 Å². The van der Waals surface area contributed by atoms with Crippen molar-refractivity contribution in [1.29, 1.82) is 0 Å². The van der Waals surface area contributed by atoms with E-state index >= 15 is 0 Å². The molecule has 108 valence electrons. The highest BCUT2D eigenvalue weighted by atomic mass is 32.2. The van der Waals surface area contributed by atoms with Gasteiger partial charge in [-0.1, -0.05) is 0 Å². The minimum absolute atomic E-state index is 0.00891. The van der Waals surface area contributed by atoms with Crippen LogP contribution in [0.15, 0.2) is 0 Å². The summed E-state index contributed by atoms with van der Waals surface area (Å²) >= 11 is 1.32. The van der Waals surface area contributed by atoms with Gasteiger partial charge in [-0.15, -0.1) is 0 Å². The van der Waals surface area contributed by atoms with Gasteiger partial charge in [0.1, 0.15) is 11.8 Å². The van der Waals surface area contributed by atoms with E-state index in [0.29, 0.717) is 18.6 Å². The Balaban J connectivity index is 2.41. The molecule has 3 atom stereocenters. The number of aliphatic hydroxyl groups is 1. The largest absolute Gasteiger partial charge is 0.480 e. The number of ketones is 1. The molecule has 0 aromatic carbocycles. The number of thioether (sulfide) groups is 1. The normalized spacial score (nSPS) is 24.2. The van der Waals surface area contributed by atoms with Gasteiger partial charge in [-0.25, -0.2) is 4.79 Å². The molecular formula is C12H19NO5S. The smallest absolute Gasteiger partial charge is 0.327 e. The average molecular weight is 289 g/mol. The van der Waals surface area contributed by atoms with Crippen LogP contribution in [0.2, 0.25) is 0 Å². The van der Waals surface area contributed by atoms with Crippen LogP contribution in [0.4, 0.5) is 0 Å². The molecule has 1 saturated carbocycles. The Morgan fingerprint density at radius 3 is 2.74 bits per heavy atom. The first-order valence-corrected chi connectivity index (χ1v) is 7.32. The zero-order valence-electron chi connectivity index (χ0n) is 10.8. The van der Waals surface area contributed by atoms with Crippen molar-refractivity contribution in [2.75, 3.05) is 18.1 Å². The molecule has 19 heavy (non-hydrogen) atoms. The van der Waals surface area contributed by atoms with Crippen LogP contribution in [-0.4, -0.2) is 52.0 Å². The maximum Gasteiger partial charge on any atom is 0.327 e. The summed E-state index contributed by atoms with van der Waals surface area (Å²) in [4.78, 5) is 33.4. The van der Waals surface area contributed by atoms with Gasteiger partial charge in [0, 0.05) is 37.4 Å². The highest BCUT2D eigenvalue weighted by molar-refractivity contribution is 7.99. The maximum absolute atomic E-state index is 11.6. The minimum Gasteiger partial charge on any atom is -0.480 e. The highest BCUT2D eigenvalue weighted by Crippen LogP contribution is 2.31. The van der Waals surface area contributed by atoms with Crippen LogP contribution in [0.25, 0.3) is 0 Å². The minimum atomic E-state index is -1.08. The summed E-state index contributed by atoms with van der Waals surface area (Å²) in [5.41, 5.74) is 0. The lowest BCUT2D eigenvalue weighted by Gasteiger charge is -2.17. The summed E-state index contributed by atoms with van der Waals surface area (Å²) < 4.78 is 0. The van der Waals surface area contributed by atoms with Gasteiger partial charge in [0.2, 0.25) is 5.91 Å². The Bertz CT molecular complexity index is 360. The van der Waals surface area contributed by atoms with Crippen molar-refractivity contribution in [1.82, 2.24) is 5.32 Å². The van der Waals surface area contributed by atoms with Crippen LogP contribution in [0, 0.1) is 11.8 Å². The molecule has 7 heteroatoms. The zero-order chi connectivity index (χ0) is 14.4. The van der Waals surface area contributed by atoms with Crippen LogP contribution < -0.4 is 5.32 Å². The lowest BCUT2D eigenvalue weighted by atomic mass is 9.99. The Morgan fingerprint density at radius 1 is 1.53 bits per heavy atom. The molecule has 0 saturated heterocycles. The number of hydrogen-bond donors (Lipinski definition) is 3. The predicted molar refractivity (Wildman–Crippen MR) is 70.9 cm³/mol. The Morgan fingerprint density at radius 2 is 2.21 bits per heavy atom. The summed E-state index contributed by atoms with van der Waals surface area (Å²) in [6.07, 6.45) is 1.19. The molecule has 0 heterocycles. The first kappa shape index (κ1) is 16.0. The predicted octanol–water partition coefficient (Wildman–Crippen LogP) is -0.103. The third-order valence-electron chi connectivity index (χ3n) is 3.24. The van der Waals surface area contributed by atoms with E-state index in [1.54, 1.807) is 0 Å². The van der Waals surface area contributed by atoms with Crippen molar-refractivity contribution in [3.8, 4) is 0 Å². The molecule has 0 aromatic heterocycles. The van der Waals surface area contributed by atoms with Gasteiger partial charge >= 0.3 is 5.97 Å². The van der Waals surface area contributed by atoms with Crippen molar-refractivity contribution in [2.24, 2.45) is 11.8 Å². The molecule has 3 N–H and O–H groups in total. The Kier molecular flexibility index (Phi) is 6.30. The van der Waals surface area contributed by atoms with Crippen LogP contribution in [0.3, 0.4) is 0 Å². The van der Waals surface area contributed by atoms with Crippen molar-refractivity contribution >= 4 is 29.4 Å². The van der Waals surface area contributed by atoms with Gasteiger partial charge in [0.15, 0.2) is 0 Å². The fourth-order valence-corrected chi connectivity index (χ4v) is 3.47. The number of aliphatic hydroxyl groups excluding tert-OH is 1. The van der Waals surface area contributed by atoms with Gasteiger partial charge in [-0.2, -0.15) is 11.8 Å². The van der Waals surface area contributed by atoms with Gasteiger partial charge in [0.05, 0.1) is 0 Å². The topological polar surface area (TPSA) is 104 Å². The average Bonchev–Trinajstić information content (AvgIpc) is 2.68. The number of Topliss-reactive ketones (excluding diaryl/α,β-unsaturated/α-hetero) is 1. The number of carbonyl (C=O) groups excluding carboxylic acids is 2.